The molecule has 0 atom stereocenters. The maximum atomic E-state index is 11.1. The maximum absolute atomic E-state index is 11.1. The fourth-order valence-electron chi connectivity index (χ4n) is 1.32. The van der Waals surface area contributed by atoms with Crippen LogP contribution in [-0.2, 0) is 0 Å². The van der Waals surface area contributed by atoms with Crippen molar-refractivity contribution in [1.82, 2.24) is 15.5 Å². The summed E-state index contributed by atoms with van der Waals surface area (Å²) in [5, 5.41) is 22.2. The van der Waals surface area contributed by atoms with Crippen LogP contribution >= 0.6 is 11.8 Å². The highest BCUT2D eigenvalue weighted by Gasteiger charge is 2.19. The minimum atomic E-state index is -1.15. The molecule has 19 heavy (non-hydrogen) atoms. The first-order chi connectivity index (χ1) is 9.15. The van der Waals surface area contributed by atoms with Crippen LogP contribution in [0.4, 0.5) is 5.69 Å². The minimum Gasteiger partial charge on any atom is -0.478 e. The Morgan fingerprint density at radius 3 is 3.00 bits per heavy atom. The van der Waals surface area contributed by atoms with Crippen LogP contribution in [0.3, 0.4) is 0 Å². The number of nitrogens with zero attached hydrogens (tertiary/aromatic N) is 4. The summed E-state index contributed by atoms with van der Waals surface area (Å²) >= 11 is 1.08. The molecular weight excluding hydrogens is 270 g/mol. The Kier molecular flexibility index (Phi) is 3.66. The number of tetrazole rings is 1. The number of hydrogen-bond acceptors (Lipinski definition) is 6. The van der Waals surface area contributed by atoms with Gasteiger partial charge in [-0.05, 0) is 35.1 Å². The number of aromatic carboxylic acids is 1. The molecule has 2 rings (SSSR count). The van der Waals surface area contributed by atoms with Crippen molar-refractivity contribution in [3.05, 3.63) is 35.2 Å². The smallest absolute Gasteiger partial charge is 0.369 e. The number of nitrogens with one attached hydrogen (secondary N) is 1. The summed E-state index contributed by atoms with van der Waals surface area (Å²) in [5.41, 5.74) is 0.0270. The van der Waals surface area contributed by atoms with Gasteiger partial charge in [-0.2, -0.15) is 0 Å². The topological polar surface area (TPSA) is 112 Å². The third-order valence-corrected chi connectivity index (χ3v) is 3.21. The Hall–Kier alpha value is -2.55. The van der Waals surface area contributed by atoms with Crippen LogP contribution in [0.5, 0.6) is 0 Å². The van der Waals surface area contributed by atoms with E-state index in [1.54, 1.807) is 0 Å². The third-order valence-electron chi connectivity index (χ3n) is 2.18. The van der Waals surface area contributed by atoms with E-state index in [1.807, 2.05) is 0 Å². The quantitative estimate of drug-likeness (QED) is 0.632. The summed E-state index contributed by atoms with van der Waals surface area (Å²) in [6, 6.07) is 4.13. The number of nitroso groups, excluding NO2 is 1. The van der Waals surface area contributed by atoms with Crippen molar-refractivity contribution in [2.75, 3.05) is 0 Å². The highest BCUT2D eigenvalue weighted by molar-refractivity contribution is 7.99. The molecule has 0 saturated heterocycles. The van der Waals surface area contributed by atoms with Gasteiger partial charge in [0.25, 0.3) is 0 Å². The van der Waals surface area contributed by atoms with Crippen LogP contribution in [0.25, 0.3) is 6.20 Å². The first-order valence-corrected chi connectivity index (χ1v) is 5.81. The molecule has 8 nitrogen and oxygen atoms in total. The summed E-state index contributed by atoms with van der Waals surface area (Å²) in [7, 11) is 0. The van der Waals surface area contributed by atoms with Crippen LogP contribution < -0.4 is 4.68 Å². The molecule has 0 aliphatic carbocycles. The Morgan fingerprint density at radius 1 is 1.58 bits per heavy atom. The third kappa shape index (κ3) is 2.65. The normalized spacial score (nSPS) is 10.1. The van der Waals surface area contributed by atoms with Gasteiger partial charge in [-0.25, -0.2) is 4.79 Å². The van der Waals surface area contributed by atoms with E-state index in [0.29, 0.717) is 10.1 Å². The van der Waals surface area contributed by atoms with E-state index in [2.05, 4.69) is 27.3 Å². The number of rotatable bonds is 5. The summed E-state index contributed by atoms with van der Waals surface area (Å²) < 4.78 is 1.43. The monoisotopic (exact) mass is 278 g/mol. The van der Waals surface area contributed by atoms with Crippen molar-refractivity contribution in [1.29, 1.82) is 0 Å². The largest absolute Gasteiger partial charge is 0.478 e. The highest BCUT2D eigenvalue weighted by Crippen LogP contribution is 2.29. The standard InChI is InChI=1S/C10H7N5O3S/c1-2-15-10(11-13-14-15)19-8-4-3-6(12-18)5-7(8)9(16)17/h2-5H,1H2,(H,16,17)/p+1. The molecule has 0 amide bonds. The lowest BCUT2D eigenvalue weighted by Gasteiger charge is -2.02. The molecule has 1 aromatic heterocycles. The number of aromatic nitrogens is 4. The molecule has 0 aliphatic heterocycles. The molecule has 0 bridgehead atoms. The molecule has 0 unspecified atom stereocenters. The van der Waals surface area contributed by atoms with Crippen molar-refractivity contribution < 1.29 is 14.6 Å². The van der Waals surface area contributed by atoms with Crippen LogP contribution in [0, 0.1) is 4.91 Å². The Bertz CT molecular complexity index is 654. The number of hydrogen-bond donors (Lipinski definition) is 2. The zero-order valence-corrected chi connectivity index (χ0v) is 10.3. The number of carbonyl (C=O) groups is 1. The van der Waals surface area contributed by atoms with E-state index in [-0.39, 0.29) is 11.3 Å². The van der Waals surface area contributed by atoms with Crippen molar-refractivity contribution in [3.8, 4) is 0 Å². The summed E-state index contributed by atoms with van der Waals surface area (Å²) in [4.78, 5) is 22.0. The maximum Gasteiger partial charge on any atom is 0.369 e. The average Bonchev–Trinajstić information content (AvgIpc) is 2.86. The van der Waals surface area contributed by atoms with E-state index in [4.69, 9.17) is 5.11 Å². The molecule has 2 aromatic rings. The van der Waals surface area contributed by atoms with Gasteiger partial charge in [-0.3, -0.25) is 0 Å². The number of aromatic amines is 1. The second-order valence-corrected chi connectivity index (χ2v) is 4.32. The molecular formula is C10H8N5O3S+. The van der Waals surface area contributed by atoms with Gasteiger partial charge < -0.3 is 5.11 Å². The number of carboxylic acid groups (broad SMARTS) is 1. The number of benzene rings is 1. The van der Waals surface area contributed by atoms with Gasteiger partial charge in [-0.15, -0.1) is 9.59 Å². The summed E-state index contributed by atoms with van der Waals surface area (Å²) in [6.07, 6.45) is 1.45. The second-order valence-electron chi connectivity index (χ2n) is 3.31. The molecule has 1 aromatic carbocycles. The van der Waals surface area contributed by atoms with Gasteiger partial charge in [0.2, 0.25) is 0 Å². The summed E-state index contributed by atoms with van der Waals surface area (Å²) in [5.74, 6) is -1.15. The van der Waals surface area contributed by atoms with E-state index < -0.39 is 5.97 Å². The summed E-state index contributed by atoms with van der Waals surface area (Å²) in [6.45, 7) is 3.56. The fraction of sp³-hybridized carbons (Fsp3) is 0. The minimum absolute atomic E-state index is 0.0271. The lowest BCUT2D eigenvalue weighted by atomic mass is 10.2. The van der Waals surface area contributed by atoms with Gasteiger partial charge >= 0.3 is 11.1 Å². The average molecular weight is 278 g/mol. The van der Waals surface area contributed by atoms with Gasteiger partial charge in [0.05, 0.1) is 11.8 Å². The predicted octanol–water partition coefficient (Wildman–Crippen LogP) is 1.44. The SMILES string of the molecule is C=C[n+]1[nH]nnc1Sc1ccc(N=O)cc1C(=O)O. The molecule has 9 heteroatoms. The Morgan fingerprint density at radius 2 is 2.37 bits per heavy atom. The lowest BCUT2D eigenvalue weighted by Crippen LogP contribution is -2.29. The Labute approximate surface area is 111 Å². The van der Waals surface area contributed by atoms with Gasteiger partial charge in [0.1, 0.15) is 10.8 Å². The van der Waals surface area contributed by atoms with Crippen LogP contribution in [0.1, 0.15) is 10.4 Å². The van der Waals surface area contributed by atoms with Crippen LogP contribution in [-0.4, -0.2) is 26.6 Å². The van der Waals surface area contributed by atoms with E-state index in [1.165, 1.54) is 29.1 Å². The predicted molar refractivity (Wildman–Crippen MR) is 65.9 cm³/mol. The molecule has 1 heterocycles. The molecule has 0 saturated carbocycles. The van der Waals surface area contributed by atoms with E-state index >= 15 is 0 Å². The van der Waals surface area contributed by atoms with Gasteiger partial charge in [0.15, 0.2) is 5.21 Å². The highest BCUT2D eigenvalue weighted by atomic mass is 32.2. The fourth-order valence-corrected chi connectivity index (χ4v) is 2.21. The Balaban J connectivity index is 2.42. The van der Waals surface area contributed by atoms with E-state index in [9.17, 15) is 9.70 Å². The van der Waals surface area contributed by atoms with Crippen molar-refractivity contribution in [3.63, 3.8) is 0 Å². The van der Waals surface area contributed by atoms with E-state index in [0.717, 1.165) is 11.8 Å². The molecule has 0 aliphatic rings. The van der Waals surface area contributed by atoms with Crippen molar-refractivity contribution in [2.45, 2.75) is 10.1 Å². The molecule has 96 valence electrons. The molecule has 0 radical (unpaired) electrons. The molecule has 2 N–H and O–H groups in total. The van der Waals surface area contributed by atoms with Crippen molar-refractivity contribution >= 4 is 29.6 Å². The number of carboxylic acids is 1. The van der Waals surface area contributed by atoms with Crippen LogP contribution in [0.15, 0.2) is 40.0 Å². The van der Waals surface area contributed by atoms with Gasteiger partial charge in [-0.1, -0.05) is 11.8 Å². The van der Waals surface area contributed by atoms with Crippen molar-refractivity contribution in [2.24, 2.45) is 5.18 Å². The lowest BCUT2D eigenvalue weighted by molar-refractivity contribution is -0.672. The molecule has 0 spiro atoms. The van der Waals surface area contributed by atoms with Gasteiger partial charge in [0, 0.05) is 4.90 Å². The zero-order valence-electron chi connectivity index (χ0n) is 9.48. The first kappa shape index (κ1) is 12.9. The molecule has 0 fully saturated rings. The van der Waals surface area contributed by atoms with Crippen LogP contribution in [0.2, 0.25) is 0 Å². The second kappa shape index (κ2) is 5.40. The zero-order chi connectivity index (χ0) is 13.8. The first-order valence-electron chi connectivity index (χ1n) is 4.99. The number of H-pyrrole nitrogens is 1.